The maximum absolute atomic E-state index is 12.5. The van der Waals surface area contributed by atoms with Gasteiger partial charge >= 0.3 is 0 Å². The number of hydrogen-bond donors (Lipinski definition) is 2. The van der Waals surface area contributed by atoms with Crippen molar-refractivity contribution in [3.63, 3.8) is 0 Å². The first-order valence-corrected chi connectivity index (χ1v) is 7.48. The van der Waals surface area contributed by atoms with Crippen LogP contribution in [-0.4, -0.2) is 53.8 Å². The lowest BCUT2D eigenvalue weighted by Gasteiger charge is -2.30. The van der Waals surface area contributed by atoms with Gasteiger partial charge in [-0.05, 0) is 24.7 Å². The van der Waals surface area contributed by atoms with Crippen molar-refractivity contribution < 1.29 is 19.4 Å². The predicted octanol–water partition coefficient (Wildman–Crippen LogP) is -0.677. The molecule has 0 aromatic carbocycles. The van der Waals surface area contributed by atoms with Crippen molar-refractivity contribution in [2.75, 3.05) is 13.6 Å². The summed E-state index contributed by atoms with van der Waals surface area (Å²) < 4.78 is 5.96. The Kier molecular flexibility index (Phi) is 2.63. The molecule has 0 radical (unpaired) electrons. The Balaban J connectivity index is 1.47. The summed E-state index contributed by atoms with van der Waals surface area (Å²) >= 11 is 0. The number of aliphatic hydroxyl groups is 1. The van der Waals surface area contributed by atoms with Crippen LogP contribution in [0.15, 0.2) is 0 Å². The average Bonchev–Trinajstić information content (AvgIpc) is 3.10. The van der Waals surface area contributed by atoms with E-state index in [2.05, 4.69) is 5.32 Å². The molecule has 20 heavy (non-hydrogen) atoms. The molecule has 6 nitrogen and oxygen atoms in total. The topological polar surface area (TPSA) is 78.9 Å². The molecule has 0 aromatic rings. The molecular formula is C14H20N2O4. The molecule has 4 fully saturated rings. The van der Waals surface area contributed by atoms with E-state index in [1.54, 1.807) is 7.05 Å². The van der Waals surface area contributed by atoms with Gasteiger partial charge in [-0.3, -0.25) is 9.59 Å². The first kappa shape index (κ1) is 12.6. The highest BCUT2D eigenvalue weighted by Crippen LogP contribution is 2.63. The van der Waals surface area contributed by atoms with Crippen LogP contribution in [0, 0.1) is 23.7 Å². The molecule has 2 N–H and O–H groups in total. The summed E-state index contributed by atoms with van der Waals surface area (Å²) in [5.74, 6) is 0.816. The second kappa shape index (κ2) is 4.18. The summed E-state index contributed by atoms with van der Waals surface area (Å²) in [6.07, 6.45) is 1.35. The van der Waals surface area contributed by atoms with Gasteiger partial charge in [0.2, 0.25) is 11.8 Å². The number of carbonyl (C=O) groups excluding carboxylic acids is 2. The van der Waals surface area contributed by atoms with Gasteiger partial charge in [0.1, 0.15) is 6.23 Å². The molecule has 2 saturated heterocycles. The fourth-order valence-electron chi connectivity index (χ4n) is 4.91. The van der Waals surface area contributed by atoms with Crippen LogP contribution >= 0.6 is 0 Å². The second-order valence-electron chi connectivity index (χ2n) is 6.46. The number of likely N-dealkylation sites (tertiary alicyclic amines) is 1. The first-order valence-electron chi connectivity index (χ1n) is 7.48. The Morgan fingerprint density at radius 1 is 1.50 bits per heavy atom. The van der Waals surface area contributed by atoms with Gasteiger partial charge in [-0.1, -0.05) is 0 Å². The van der Waals surface area contributed by atoms with Crippen LogP contribution in [0.1, 0.15) is 19.3 Å². The molecule has 110 valence electrons. The van der Waals surface area contributed by atoms with Gasteiger partial charge in [-0.25, -0.2) is 0 Å². The Morgan fingerprint density at radius 3 is 3.05 bits per heavy atom. The van der Waals surface area contributed by atoms with E-state index in [0.29, 0.717) is 25.3 Å². The zero-order valence-electron chi connectivity index (χ0n) is 11.5. The van der Waals surface area contributed by atoms with E-state index in [0.717, 1.165) is 6.42 Å². The lowest BCUT2D eigenvalue weighted by atomic mass is 9.80. The van der Waals surface area contributed by atoms with Gasteiger partial charge in [-0.15, -0.1) is 0 Å². The molecule has 7 unspecified atom stereocenters. The highest BCUT2D eigenvalue weighted by atomic mass is 16.5. The quantitative estimate of drug-likeness (QED) is 0.715. The van der Waals surface area contributed by atoms with Crippen LogP contribution in [0.2, 0.25) is 0 Å². The highest BCUT2D eigenvalue weighted by Gasteiger charge is 2.72. The van der Waals surface area contributed by atoms with Crippen LogP contribution in [0.4, 0.5) is 0 Å². The van der Waals surface area contributed by atoms with Gasteiger partial charge in [0.15, 0.2) is 0 Å². The first-order chi connectivity index (χ1) is 9.63. The van der Waals surface area contributed by atoms with Gasteiger partial charge < -0.3 is 20.1 Å². The molecule has 2 saturated carbocycles. The molecular weight excluding hydrogens is 260 g/mol. The highest BCUT2D eigenvalue weighted by molar-refractivity contribution is 5.83. The monoisotopic (exact) mass is 280 g/mol. The van der Waals surface area contributed by atoms with Gasteiger partial charge in [-0.2, -0.15) is 0 Å². The maximum atomic E-state index is 12.5. The fraction of sp³-hybridized carbons (Fsp3) is 0.857. The Hall–Kier alpha value is -1.14. The number of nitrogens with zero attached hydrogens (tertiary/aromatic N) is 1. The van der Waals surface area contributed by atoms with Crippen molar-refractivity contribution in [2.45, 2.75) is 37.7 Å². The normalized spacial score (nSPS) is 47.4. The molecule has 2 aliphatic carbocycles. The lowest BCUT2D eigenvalue weighted by molar-refractivity contribution is -0.151. The third-order valence-corrected chi connectivity index (χ3v) is 5.69. The van der Waals surface area contributed by atoms with Crippen molar-refractivity contribution in [1.29, 1.82) is 0 Å². The van der Waals surface area contributed by atoms with Crippen molar-refractivity contribution >= 4 is 11.8 Å². The molecule has 4 rings (SSSR count). The Labute approximate surface area is 117 Å². The number of aliphatic hydroxyl groups excluding tert-OH is 1. The van der Waals surface area contributed by atoms with Crippen LogP contribution in [-0.2, 0) is 14.3 Å². The third kappa shape index (κ3) is 1.41. The van der Waals surface area contributed by atoms with E-state index < -0.39 is 6.10 Å². The van der Waals surface area contributed by atoms with Crippen molar-refractivity contribution in [2.24, 2.45) is 23.7 Å². The standard InChI is InChI=1S/C14H20N2O4/c1-15-8(17)3-2-4-16-13(19)9-6-5-7-10(9)14(16)20-12(7)11(6)18/h6-7,9-12,14,18H,2-5H2,1H3,(H,15,17). The molecule has 2 aliphatic heterocycles. The van der Waals surface area contributed by atoms with Crippen molar-refractivity contribution in [3.8, 4) is 0 Å². The zero-order valence-corrected chi connectivity index (χ0v) is 11.5. The molecule has 2 heterocycles. The molecule has 2 bridgehead atoms. The molecule has 0 aromatic heterocycles. The minimum atomic E-state index is -0.455. The second-order valence-corrected chi connectivity index (χ2v) is 6.46. The van der Waals surface area contributed by atoms with E-state index in [1.165, 1.54) is 0 Å². The number of fused-ring (bicyclic) bond motifs is 2. The van der Waals surface area contributed by atoms with Gasteiger partial charge in [0.05, 0.1) is 18.1 Å². The van der Waals surface area contributed by atoms with Crippen LogP contribution in [0.5, 0.6) is 0 Å². The van der Waals surface area contributed by atoms with Crippen molar-refractivity contribution in [3.05, 3.63) is 0 Å². The van der Waals surface area contributed by atoms with Crippen LogP contribution < -0.4 is 5.32 Å². The number of ether oxygens (including phenoxy) is 1. The van der Waals surface area contributed by atoms with Crippen molar-refractivity contribution in [1.82, 2.24) is 10.2 Å². The van der Waals surface area contributed by atoms with Crippen LogP contribution in [0.25, 0.3) is 0 Å². The Bertz CT molecular complexity index is 468. The number of hydrogen-bond acceptors (Lipinski definition) is 4. The summed E-state index contributed by atoms with van der Waals surface area (Å²) in [6, 6.07) is 0. The summed E-state index contributed by atoms with van der Waals surface area (Å²) in [6.45, 7) is 0.576. The fourth-order valence-corrected chi connectivity index (χ4v) is 4.91. The Morgan fingerprint density at radius 2 is 2.30 bits per heavy atom. The van der Waals surface area contributed by atoms with Gasteiger partial charge in [0.25, 0.3) is 0 Å². The minimum Gasteiger partial charge on any atom is -0.390 e. The summed E-state index contributed by atoms with van der Waals surface area (Å²) in [5.41, 5.74) is 0. The van der Waals surface area contributed by atoms with Gasteiger partial charge in [0, 0.05) is 25.9 Å². The molecule has 0 spiro atoms. The lowest BCUT2D eigenvalue weighted by Crippen LogP contribution is -2.44. The van der Waals surface area contributed by atoms with E-state index >= 15 is 0 Å². The minimum absolute atomic E-state index is 0.000302. The number of rotatable bonds is 4. The van der Waals surface area contributed by atoms with Crippen LogP contribution in [0.3, 0.4) is 0 Å². The molecule has 4 aliphatic rings. The molecule has 6 heteroatoms. The molecule has 2 amide bonds. The predicted molar refractivity (Wildman–Crippen MR) is 68.3 cm³/mol. The average molecular weight is 280 g/mol. The summed E-state index contributed by atoms with van der Waals surface area (Å²) in [4.78, 5) is 25.6. The van der Waals surface area contributed by atoms with E-state index in [9.17, 15) is 14.7 Å². The smallest absolute Gasteiger partial charge is 0.228 e. The maximum Gasteiger partial charge on any atom is 0.228 e. The van der Waals surface area contributed by atoms with E-state index in [-0.39, 0.29) is 41.9 Å². The largest absolute Gasteiger partial charge is 0.390 e. The number of nitrogens with one attached hydrogen (secondary N) is 1. The zero-order chi connectivity index (χ0) is 14.0. The number of carbonyl (C=O) groups is 2. The van der Waals surface area contributed by atoms with E-state index in [1.807, 2.05) is 4.90 Å². The SMILES string of the molecule is CNC(=O)CCCN1C(=O)C2C3CC4C(OC1C42)C3O. The summed E-state index contributed by atoms with van der Waals surface area (Å²) in [7, 11) is 1.62. The third-order valence-electron chi connectivity index (χ3n) is 5.69. The van der Waals surface area contributed by atoms with E-state index in [4.69, 9.17) is 4.74 Å². The molecule has 7 atom stereocenters. The number of amides is 2. The summed E-state index contributed by atoms with van der Waals surface area (Å²) in [5, 5.41) is 12.8.